The Morgan fingerprint density at radius 1 is 0.971 bits per heavy atom. The molecule has 0 unspecified atom stereocenters. The number of aryl methyl sites for hydroxylation is 1. The molecule has 8 heteroatoms. The van der Waals surface area contributed by atoms with Crippen molar-refractivity contribution in [2.75, 3.05) is 17.1 Å². The van der Waals surface area contributed by atoms with Crippen LogP contribution in [0.1, 0.15) is 45.2 Å². The van der Waals surface area contributed by atoms with E-state index < -0.39 is 29.9 Å². The summed E-state index contributed by atoms with van der Waals surface area (Å²) in [7, 11) is 1.33. The largest absolute Gasteiger partial charge is 0.465 e. The van der Waals surface area contributed by atoms with Crippen molar-refractivity contribution in [3.8, 4) is 0 Å². The molecule has 3 heterocycles. The zero-order chi connectivity index (χ0) is 24.1. The Labute approximate surface area is 206 Å². The third kappa shape index (κ3) is 3.39. The summed E-state index contributed by atoms with van der Waals surface area (Å²) >= 11 is 1.36. The van der Waals surface area contributed by atoms with Gasteiger partial charge in [0.15, 0.2) is 6.10 Å². The van der Waals surface area contributed by atoms with Gasteiger partial charge in [0.25, 0.3) is 5.91 Å². The Kier molecular flexibility index (Phi) is 5.42. The van der Waals surface area contributed by atoms with E-state index in [1.54, 1.807) is 5.06 Å². The molecule has 178 valence electrons. The van der Waals surface area contributed by atoms with Gasteiger partial charge in [0.1, 0.15) is 10.9 Å². The quantitative estimate of drug-likeness (QED) is 0.399. The molecule has 1 aromatic heterocycles. The van der Waals surface area contributed by atoms with Gasteiger partial charge in [-0.15, -0.1) is 11.3 Å². The molecule has 0 saturated carbocycles. The SMILES string of the molecule is COC(=O)c1c(N2C(=O)[C@@H]3[C@H](ON(c4ccccc4)[C@H]3c3ccccc3)C2=O)sc2c1CCCC2. The molecule has 0 radical (unpaired) electrons. The number of ether oxygens (including phenoxy) is 1. The number of carbonyl (C=O) groups is 3. The average Bonchev–Trinajstić information content (AvgIpc) is 3.55. The standard InChI is InChI=1S/C27H24N2O5S/c1-33-27(32)20-18-14-8-9-15-19(18)35-26(20)28-24(30)21-22(16-10-4-2-5-11-16)29(34-23(21)25(28)31)17-12-6-3-7-13-17/h2-7,10-13,21-23H,8-9,14-15H2,1H3/t21-,22-,23-/m0/s1. The van der Waals surface area contributed by atoms with E-state index in [0.29, 0.717) is 10.6 Å². The zero-order valence-electron chi connectivity index (χ0n) is 19.2. The van der Waals surface area contributed by atoms with Crippen LogP contribution in [-0.4, -0.2) is 31.0 Å². The minimum Gasteiger partial charge on any atom is -0.465 e. The van der Waals surface area contributed by atoms with E-state index in [-0.39, 0.29) is 5.91 Å². The van der Waals surface area contributed by atoms with E-state index in [9.17, 15) is 14.4 Å². The lowest BCUT2D eigenvalue weighted by Gasteiger charge is -2.28. The number of hydroxylamine groups is 1. The van der Waals surface area contributed by atoms with Crippen molar-refractivity contribution in [1.82, 2.24) is 0 Å². The van der Waals surface area contributed by atoms with Crippen LogP contribution in [0.5, 0.6) is 0 Å². The van der Waals surface area contributed by atoms with Crippen LogP contribution in [0.15, 0.2) is 60.7 Å². The smallest absolute Gasteiger partial charge is 0.341 e. The minimum atomic E-state index is -0.975. The number of fused-ring (bicyclic) bond motifs is 2. The van der Waals surface area contributed by atoms with Gasteiger partial charge < -0.3 is 4.74 Å². The van der Waals surface area contributed by atoms with Gasteiger partial charge in [0, 0.05) is 4.88 Å². The number of amides is 2. The molecule has 3 aliphatic rings. The average molecular weight is 489 g/mol. The molecule has 3 atom stereocenters. The predicted molar refractivity (Wildman–Crippen MR) is 131 cm³/mol. The van der Waals surface area contributed by atoms with Gasteiger partial charge in [-0.3, -0.25) is 14.4 Å². The Morgan fingerprint density at radius 3 is 2.37 bits per heavy atom. The molecule has 0 bridgehead atoms. The van der Waals surface area contributed by atoms with Crippen molar-refractivity contribution in [2.24, 2.45) is 5.92 Å². The highest BCUT2D eigenvalue weighted by Gasteiger charge is 2.61. The van der Waals surface area contributed by atoms with Crippen LogP contribution in [0.2, 0.25) is 0 Å². The van der Waals surface area contributed by atoms with Crippen LogP contribution in [0.25, 0.3) is 0 Å². The molecule has 2 fully saturated rings. The number of esters is 1. The van der Waals surface area contributed by atoms with E-state index in [1.165, 1.54) is 23.3 Å². The second-order valence-electron chi connectivity index (χ2n) is 8.96. The van der Waals surface area contributed by atoms with Crippen LogP contribution >= 0.6 is 11.3 Å². The van der Waals surface area contributed by atoms with Crippen molar-refractivity contribution in [2.45, 2.75) is 37.8 Å². The first-order valence-corrected chi connectivity index (χ1v) is 12.6. The fraction of sp³-hybridized carbons (Fsp3) is 0.296. The number of nitrogens with zero attached hydrogens (tertiary/aromatic N) is 2. The number of methoxy groups -OCH3 is 1. The maximum Gasteiger partial charge on any atom is 0.341 e. The summed E-state index contributed by atoms with van der Waals surface area (Å²) in [5.74, 6) is -2.04. The van der Waals surface area contributed by atoms with Crippen LogP contribution in [-0.2, 0) is 32.0 Å². The molecule has 2 aromatic carbocycles. The Bertz CT molecular complexity index is 1310. The minimum absolute atomic E-state index is 0.351. The number of benzene rings is 2. The molecule has 3 aromatic rings. The first-order chi connectivity index (χ1) is 17.1. The molecule has 1 aliphatic carbocycles. The maximum absolute atomic E-state index is 14.0. The third-order valence-corrected chi connectivity index (χ3v) is 8.29. The number of anilines is 2. The van der Waals surface area contributed by atoms with E-state index in [4.69, 9.17) is 9.57 Å². The van der Waals surface area contributed by atoms with Crippen LogP contribution in [0, 0.1) is 5.92 Å². The van der Waals surface area contributed by atoms with Crippen LogP contribution in [0.4, 0.5) is 10.7 Å². The number of rotatable bonds is 4. The van der Waals surface area contributed by atoms with Gasteiger partial charge >= 0.3 is 5.97 Å². The lowest BCUT2D eigenvalue weighted by atomic mass is 9.90. The Balaban J connectivity index is 1.45. The van der Waals surface area contributed by atoms with E-state index >= 15 is 0 Å². The summed E-state index contributed by atoms with van der Waals surface area (Å²) in [5, 5.41) is 2.05. The zero-order valence-corrected chi connectivity index (χ0v) is 20.0. The van der Waals surface area contributed by atoms with E-state index in [1.807, 2.05) is 60.7 Å². The highest BCUT2D eigenvalue weighted by Crippen LogP contribution is 2.50. The van der Waals surface area contributed by atoms with Gasteiger partial charge in [-0.2, -0.15) is 0 Å². The Morgan fingerprint density at radius 2 is 1.66 bits per heavy atom. The van der Waals surface area contributed by atoms with Crippen molar-refractivity contribution >= 4 is 39.8 Å². The highest BCUT2D eigenvalue weighted by atomic mass is 32.1. The van der Waals surface area contributed by atoms with Gasteiger partial charge in [0.2, 0.25) is 5.91 Å². The third-order valence-electron chi connectivity index (χ3n) is 7.01. The number of thiophene rings is 1. The summed E-state index contributed by atoms with van der Waals surface area (Å²) in [6.07, 6.45) is 2.58. The number of hydrogen-bond acceptors (Lipinski definition) is 7. The lowest BCUT2D eigenvalue weighted by Crippen LogP contribution is -2.37. The Hall–Kier alpha value is -3.49. The molecule has 2 aliphatic heterocycles. The molecule has 2 amide bonds. The van der Waals surface area contributed by atoms with E-state index in [0.717, 1.165) is 47.4 Å². The lowest BCUT2D eigenvalue weighted by molar-refractivity contribution is -0.126. The summed E-state index contributed by atoms with van der Waals surface area (Å²) in [4.78, 5) is 49.0. The van der Waals surface area contributed by atoms with Crippen LogP contribution in [0.3, 0.4) is 0 Å². The van der Waals surface area contributed by atoms with Crippen molar-refractivity contribution in [3.63, 3.8) is 0 Å². The second kappa shape index (κ2) is 8.62. The molecule has 0 N–H and O–H groups in total. The predicted octanol–water partition coefficient (Wildman–Crippen LogP) is 4.46. The van der Waals surface area contributed by atoms with Gasteiger partial charge in [-0.1, -0.05) is 48.5 Å². The first-order valence-electron chi connectivity index (χ1n) is 11.8. The molecule has 0 spiro atoms. The summed E-state index contributed by atoms with van der Waals surface area (Å²) in [6, 6.07) is 18.6. The van der Waals surface area contributed by atoms with Crippen molar-refractivity contribution < 1.29 is 24.0 Å². The van der Waals surface area contributed by atoms with Gasteiger partial charge in [-0.25, -0.2) is 14.8 Å². The van der Waals surface area contributed by atoms with Gasteiger partial charge in [-0.05, 0) is 48.9 Å². The number of carbonyl (C=O) groups excluding carboxylic acids is 3. The monoisotopic (exact) mass is 488 g/mol. The van der Waals surface area contributed by atoms with Crippen LogP contribution < -0.4 is 9.96 Å². The number of imide groups is 1. The van der Waals surface area contributed by atoms with E-state index in [2.05, 4.69) is 0 Å². The fourth-order valence-electron chi connectivity index (χ4n) is 5.42. The number of hydrogen-bond donors (Lipinski definition) is 0. The second-order valence-corrected chi connectivity index (χ2v) is 10.0. The van der Waals surface area contributed by atoms with Crippen molar-refractivity contribution in [3.05, 3.63) is 82.2 Å². The molecule has 6 rings (SSSR count). The van der Waals surface area contributed by atoms with Gasteiger partial charge in [0.05, 0.1) is 24.4 Å². The summed E-state index contributed by atoms with van der Waals surface area (Å²) < 4.78 is 5.07. The molecule has 35 heavy (non-hydrogen) atoms. The molecule has 7 nitrogen and oxygen atoms in total. The fourth-order valence-corrected chi connectivity index (χ4v) is 6.81. The maximum atomic E-state index is 14.0. The van der Waals surface area contributed by atoms with Crippen molar-refractivity contribution in [1.29, 1.82) is 0 Å². The topological polar surface area (TPSA) is 76.2 Å². The summed E-state index contributed by atoms with van der Waals surface area (Å²) in [6.45, 7) is 0. The number of para-hydroxylation sites is 1. The molecular formula is C27H24N2O5S. The molecule has 2 saturated heterocycles. The highest BCUT2D eigenvalue weighted by molar-refractivity contribution is 7.17. The first kappa shape index (κ1) is 22.0. The summed E-state index contributed by atoms with van der Waals surface area (Å²) in [5.41, 5.74) is 2.91. The molecular weight excluding hydrogens is 464 g/mol. The normalized spacial score (nSPS) is 23.4.